The Kier molecular flexibility index (Phi) is 6.08. The molecule has 2 fully saturated rings. The first kappa shape index (κ1) is 19.7. The molecule has 1 aromatic carbocycles. The molecule has 27 heavy (non-hydrogen) atoms. The number of morpholine rings is 1. The molecule has 1 atom stereocenters. The molecule has 1 aliphatic carbocycles. The van der Waals surface area contributed by atoms with Crippen molar-refractivity contribution in [3.8, 4) is 0 Å². The van der Waals surface area contributed by atoms with Gasteiger partial charge < -0.3 is 4.74 Å². The molecule has 1 aromatic rings. The van der Waals surface area contributed by atoms with E-state index in [1.165, 1.54) is 16.4 Å². The van der Waals surface area contributed by atoms with E-state index in [1.54, 1.807) is 0 Å². The van der Waals surface area contributed by atoms with E-state index in [2.05, 4.69) is 17.5 Å². The summed E-state index contributed by atoms with van der Waals surface area (Å²) >= 11 is 0. The van der Waals surface area contributed by atoms with Crippen molar-refractivity contribution < 1.29 is 18.1 Å². The maximum absolute atomic E-state index is 12.7. The van der Waals surface area contributed by atoms with E-state index in [-0.39, 0.29) is 29.4 Å². The van der Waals surface area contributed by atoms with Crippen LogP contribution in [0.3, 0.4) is 0 Å². The zero-order chi connectivity index (χ0) is 19.4. The van der Waals surface area contributed by atoms with Gasteiger partial charge in [0.1, 0.15) is 5.69 Å². The van der Waals surface area contributed by atoms with Crippen molar-refractivity contribution in [1.82, 2.24) is 4.31 Å². The van der Waals surface area contributed by atoms with E-state index in [0.29, 0.717) is 19.1 Å². The molecule has 1 aliphatic heterocycles. The number of nitrogens with zero attached hydrogens (tertiary/aromatic N) is 3. The molecular formula is C17H24N4O5S. The Morgan fingerprint density at radius 1 is 1.33 bits per heavy atom. The topological polar surface area (TPSA) is 114 Å². The fourth-order valence-corrected chi connectivity index (χ4v) is 4.78. The van der Waals surface area contributed by atoms with E-state index in [1.807, 2.05) is 0 Å². The molecule has 1 N–H and O–H groups in total. The molecular weight excluding hydrogens is 372 g/mol. The Bertz CT molecular complexity index is 834. The van der Waals surface area contributed by atoms with E-state index >= 15 is 0 Å². The molecule has 3 rings (SSSR count). The molecule has 0 amide bonds. The van der Waals surface area contributed by atoms with Gasteiger partial charge >= 0.3 is 0 Å². The summed E-state index contributed by atoms with van der Waals surface area (Å²) in [6.07, 6.45) is 3.95. The summed E-state index contributed by atoms with van der Waals surface area (Å²) < 4.78 is 31.9. The van der Waals surface area contributed by atoms with E-state index < -0.39 is 14.9 Å². The van der Waals surface area contributed by atoms with Crippen molar-refractivity contribution in [3.05, 3.63) is 28.3 Å². The van der Waals surface area contributed by atoms with Crippen LogP contribution in [-0.2, 0) is 14.8 Å². The van der Waals surface area contributed by atoms with Crippen LogP contribution in [0.4, 0.5) is 11.4 Å². The third-order valence-electron chi connectivity index (χ3n) is 4.85. The first-order valence-corrected chi connectivity index (χ1v) is 10.5. The van der Waals surface area contributed by atoms with Crippen LogP contribution in [0.25, 0.3) is 0 Å². The van der Waals surface area contributed by atoms with Gasteiger partial charge in [0.05, 0.1) is 23.0 Å². The quantitative estimate of drug-likeness (QED) is 0.604. The van der Waals surface area contributed by atoms with E-state index in [4.69, 9.17) is 4.74 Å². The molecule has 0 unspecified atom stereocenters. The predicted octanol–water partition coefficient (Wildman–Crippen LogP) is 2.59. The fourth-order valence-electron chi connectivity index (χ4n) is 3.36. The number of hydrazone groups is 1. The Labute approximate surface area is 158 Å². The fraction of sp³-hybridized carbons (Fsp3) is 0.588. The molecule has 1 saturated carbocycles. The lowest BCUT2D eigenvalue weighted by Crippen LogP contribution is -2.40. The van der Waals surface area contributed by atoms with Crippen molar-refractivity contribution in [2.45, 2.75) is 37.5 Å². The molecule has 0 radical (unpaired) electrons. The summed E-state index contributed by atoms with van der Waals surface area (Å²) in [6.45, 7) is 3.26. The second-order valence-electron chi connectivity index (χ2n) is 6.94. The van der Waals surface area contributed by atoms with Gasteiger partial charge in [0, 0.05) is 24.9 Å². The van der Waals surface area contributed by atoms with Gasteiger partial charge in [-0.3, -0.25) is 15.5 Å². The van der Waals surface area contributed by atoms with Crippen LogP contribution in [0.5, 0.6) is 0 Å². The van der Waals surface area contributed by atoms with E-state index in [9.17, 15) is 18.5 Å². The minimum Gasteiger partial charge on any atom is -0.379 e. The largest absolute Gasteiger partial charge is 0.379 e. The highest BCUT2D eigenvalue weighted by molar-refractivity contribution is 7.89. The number of nitrogens with one attached hydrogen (secondary N) is 1. The van der Waals surface area contributed by atoms with Crippen LogP contribution in [0.2, 0.25) is 0 Å². The van der Waals surface area contributed by atoms with Crippen LogP contribution >= 0.6 is 0 Å². The highest BCUT2D eigenvalue weighted by Gasteiger charge is 2.29. The minimum atomic E-state index is -3.79. The van der Waals surface area contributed by atoms with Crippen LogP contribution in [0, 0.1) is 16.0 Å². The number of nitro benzene ring substituents is 1. The number of rotatable bonds is 5. The molecule has 2 aliphatic rings. The molecule has 0 spiro atoms. The maximum atomic E-state index is 12.7. The Hall–Kier alpha value is -2.04. The number of hydrogen-bond donors (Lipinski definition) is 1. The van der Waals surface area contributed by atoms with Gasteiger partial charge in [-0.25, -0.2) is 8.42 Å². The molecule has 9 nitrogen and oxygen atoms in total. The summed E-state index contributed by atoms with van der Waals surface area (Å²) in [6, 6.07) is 3.88. The Morgan fingerprint density at radius 3 is 2.74 bits per heavy atom. The van der Waals surface area contributed by atoms with Gasteiger partial charge in [0.2, 0.25) is 10.0 Å². The van der Waals surface area contributed by atoms with Crippen molar-refractivity contribution in [2.75, 3.05) is 31.7 Å². The number of ether oxygens (including phenoxy) is 1. The lowest BCUT2D eigenvalue weighted by Gasteiger charge is -2.26. The van der Waals surface area contributed by atoms with Crippen molar-refractivity contribution in [2.24, 2.45) is 11.0 Å². The molecule has 148 valence electrons. The zero-order valence-corrected chi connectivity index (χ0v) is 16.1. The van der Waals surface area contributed by atoms with Crippen LogP contribution in [0.1, 0.15) is 32.6 Å². The second-order valence-corrected chi connectivity index (χ2v) is 8.88. The highest BCUT2D eigenvalue weighted by atomic mass is 32.2. The first-order valence-electron chi connectivity index (χ1n) is 9.05. The summed E-state index contributed by atoms with van der Waals surface area (Å²) in [7, 11) is -3.79. The summed E-state index contributed by atoms with van der Waals surface area (Å²) in [5.41, 5.74) is 3.62. The Balaban J connectivity index is 1.84. The lowest BCUT2D eigenvalue weighted by molar-refractivity contribution is -0.384. The number of anilines is 1. The number of nitro groups is 1. The highest BCUT2D eigenvalue weighted by Crippen LogP contribution is 2.30. The number of benzene rings is 1. The molecule has 0 aromatic heterocycles. The summed E-state index contributed by atoms with van der Waals surface area (Å²) in [4.78, 5) is 10.8. The van der Waals surface area contributed by atoms with Gasteiger partial charge in [-0.15, -0.1) is 0 Å². The SMILES string of the molecule is C[C@H]1CCC/C(=N/Nc2ccc(S(=O)(=O)N3CCOCC3)cc2[N+](=O)[O-])C1. The van der Waals surface area contributed by atoms with Crippen LogP contribution < -0.4 is 5.43 Å². The van der Waals surface area contributed by atoms with Gasteiger partial charge in [-0.2, -0.15) is 9.41 Å². The van der Waals surface area contributed by atoms with Crippen LogP contribution in [-0.4, -0.2) is 49.7 Å². The molecule has 1 heterocycles. The van der Waals surface area contributed by atoms with Crippen molar-refractivity contribution in [1.29, 1.82) is 0 Å². The standard InChI is InChI=1S/C17H24N4O5S/c1-13-3-2-4-14(11-13)18-19-16-6-5-15(12-17(16)21(22)23)27(24,25)20-7-9-26-10-8-20/h5-6,12-13,19H,2-4,7-11H2,1H3/b18-14-/t13-/m0/s1. The van der Waals surface area contributed by atoms with Gasteiger partial charge in [0.15, 0.2) is 0 Å². The number of hydrogen-bond acceptors (Lipinski definition) is 7. The zero-order valence-electron chi connectivity index (χ0n) is 15.3. The van der Waals surface area contributed by atoms with E-state index in [0.717, 1.165) is 37.5 Å². The normalized spacial score (nSPS) is 23.3. The smallest absolute Gasteiger partial charge is 0.295 e. The third kappa shape index (κ3) is 4.63. The average molecular weight is 396 g/mol. The summed E-state index contributed by atoms with van der Waals surface area (Å²) in [5.74, 6) is 0.551. The summed E-state index contributed by atoms with van der Waals surface area (Å²) in [5, 5.41) is 15.8. The monoisotopic (exact) mass is 396 g/mol. The van der Waals surface area contributed by atoms with Crippen molar-refractivity contribution in [3.63, 3.8) is 0 Å². The molecule has 0 bridgehead atoms. The van der Waals surface area contributed by atoms with Gasteiger partial charge in [-0.1, -0.05) is 6.92 Å². The number of sulfonamides is 1. The van der Waals surface area contributed by atoms with Gasteiger partial charge in [-0.05, 0) is 43.7 Å². The molecule has 10 heteroatoms. The minimum absolute atomic E-state index is 0.0967. The third-order valence-corrected chi connectivity index (χ3v) is 6.75. The van der Waals surface area contributed by atoms with Crippen LogP contribution in [0.15, 0.2) is 28.2 Å². The maximum Gasteiger partial charge on any atom is 0.295 e. The predicted molar refractivity (Wildman–Crippen MR) is 101 cm³/mol. The molecule has 1 saturated heterocycles. The Morgan fingerprint density at radius 2 is 2.07 bits per heavy atom. The lowest BCUT2D eigenvalue weighted by atomic mass is 9.89. The first-order chi connectivity index (χ1) is 12.9. The van der Waals surface area contributed by atoms with Crippen molar-refractivity contribution >= 4 is 27.1 Å². The second kappa shape index (κ2) is 8.32. The van der Waals surface area contributed by atoms with Gasteiger partial charge in [0.25, 0.3) is 5.69 Å². The average Bonchev–Trinajstić information content (AvgIpc) is 2.67.